The van der Waals surface area contributed by atoms with E-state index >= 15 is 0 Å². The van der Waals surface area contributed by atoms with E-state index < -0.39 is 5.91 Å². The molecule has 0 fully saturated rings. The van der Waals surface area contributed by atoms with Gasteiger partial charge in [0.05, 0.1) is 42.6 Å². The number of nitrogens with one attached hydrogen (secondary N) is 1. The third-order valence-corrected chi connectivity index (χ3v) is 6.53. The molecule has 1 N–H and O–H groups in total. The number of carbonyl (C=O) groups excluding carboxylic acids is 1. The number of hydrogen-bond acceptors (Lipinski definition) is 8. The van der Waals surface area contributed by atoms with Crippen molar-refractivity contribution < 1.29 is 27.9 Å². The van der Waals surface area contributed by atoms with Crippen LogP contribution in [0.3, 0.4) is 0 Å². The van der Waals surface area contributed by atoms with Gasteiger partial charge in [-0.25, -0.2) is 0 Å². The van der Waals surface area contributed by atoms with Crippen molar-refractivity contribution in [3.63, 3.8) is 0 Å². The Kier molecular flexibility index (Phi) is 7.44. The number of benzene rings is 3. The van der Waals surface area contributed by atoms with Crippen molar-refractivity contribution in [3.8, 4) is 51.4 Å². The molecule has 0 unspecified atom stereocenters. The number of anilines is 1. The Balaban J connectivity index is 1.41. The molecular formula is C28H21Cl2N3O6. The summed E-state index contributed by atoms with van der Waals surface area (Å²) in [4.78, 5) is 17.6. The minimum absolute atomic E-state index is 0.106. The Hall–Kier alpha value is -4.47. The summed E-state index contributed by atoms with van der Waals surface area (Å²) in [6.45, 7) is 0. The lowest BCUT2D eigenvalue weighted by molar-refractivity contribution is 0.0997. The van der Waals surface area contributed by atoms with Crippen LogP contribution < -0.4 is 19.5 Å². The van der Waals surface area contributed by atoms with Crippen molar-refractivity contribution >= 4 is 34.8 Å². The van der Waals surface area contributed by atoms with Gasteiger partial charge in [0.1, 0.15) is 5.76 Å². The zero-order chi connectivity index (χ0) is 27.5. The minimum Gasteiger partial charge on any atom is -0.493 e. The van der Waals surface area contributed by atoms with Crippen LogP contribution in [0.15, 0.2) is 75.7 Å². The number of amides is 1. The van der Waals surface area contributed by atoms with Crippen LogP contribution in [-0.4, -0.2) is 37.4 Å². The molecule has 0 atom stereocenters. The van der Waals surface area contributed by atoms with Crippen LogP contribution in [0.1, 0.15) is 10.6 Å². The Morgan fingerprint density at radius 2 is 1.59 bits per heavy atom. The number of furan rings is 1. The van der Waals surface area contributed by atoms with E-state index in [1.165, 1.54) is 21.3 Å². The number of hydrogen-bond donors (Lipinski definition) is 1. The van der Waals surface area contributed by atoms with E-state index in [2.05, 4.69) is 15.5 Å². The van der Waals surface area contributed by atoms with Crippen LogP contribution in [0.4, 0.5) is 5.69 Å². The summed E-state index contributed by atoms with van der Waals surface area (Å²) in [5, 5.41) is 7.77. The van der Waals surface area contributed by atoms with Gasteiger partial charge >= 0.3 is 0 Å². The highest BCUT2D eigenvalue weighted by molar-refractivity contribution is 6.42. The molecule has 5 rings (SSSR count). The standard InChI is InChI=1S/C28H21Cl2N3O6/c1-35-23-13-16(14-24(36-2)25(23)37-3)26-32-28(39-33-26)17-6-4-5-7-20(17)31-27(34)22-11-10-21(38-22)15-8-9-18(29)19(30)12-15/h4-14H,1-3H3,(H,31,34). The molecule has 11 heteroatoms. The van der Waals surface area contributed by atoms with Gasteiger partial charge < -0.3 is 28.5 Å². The highest BCUT2D eigenvalue weighted by Gasteiger charge is 2.20. The first-order valence-corrected chi connectivity index (χ1v) is 12.3. The van der Waals surface area contributed by atoms with Crippen molar-refractivity contribution in [2.45, 2.75) is 0 Å². The van der Waals surface area contributed by atoms with Gasteiger partial charge in [-0.3, -0.25) is 4.79 Å². The lowest BCUT2D eigenvalue weighted by Crippen LogP contribution is -2.11. The van der Waals surface area contributed by atoms with E-state index in [9.17, 15) is 4.79 Å². The number of halogens is 2. The number of ether oxygens (including phenoxy) is 3. The molecule has 0 radical (unpaired) electrons. The topological polar surface area (TPSA) is 109 Å². The van der Waals surface area contributed by atoms with Crippen LogP contribution in [0.5, 0.6) is 17.2 Å². The maximum Gasteiger partial charge on any atom is 0.291 e. The van der Waals surface area contributed by atoms with Crippen LogP contribution >= 0.6 is 23.2 Å². The van der Waals surface area contributed by atoms with Gasteiger partial charge in [0.25, 0.3) is 11.8 Å². The van der Waals surface area contributed by atoms with Gasteiger partial charge in [-0.15, -0.1) is 0 Å². The first-order chi connectivity index (χ1) is 18.9. The van der Waals surface area contributed by atoms with Crippen LogP contribution in [0.2, 0.25) is 10.0 Å². The third kappa shape index (κ3) is 5.27. The molecule has 9 nitrogen and oxygen atoms in total. The van der Waals surface area contributed by atoms with Crippen molar-refractivity contribution in [1.29, 1.82) is 0 Å². The number of nitrogens with zero attached hydrogens (tertiary/aromatic N) is 2. The number of para-hydroxylation sites is 1. The quantitative estimate of drug-likeness (QED) is 0.209. The molecular weight excluding hydrogens is 545 g/mol. The molecule has 5 aromatic rings. The number of carbonyl (C=O) groups is 1. The largest absolute Gasteiger partial charge is 0.493 e. The Morgan fingerprint density at radius 1 is 0.846 bits per heavy atom. The molecule has 2 heterocycles. The zero-order valence-electron chi connectivity index (χ0n) is 21.0. The van der Waals surface area contributed by atoms with Crippen LogP contribution in [-0.2, 0) is 0 Å². The molecule has 39 heavy (non-hydrogen) atoms. The number of rotatable bonds is 8. The first-order valence-electron chi connectivity index (χ1n) is 11.5. The van der Waals surface area contributed by atoms with Gasteiger partial charge in [-0.05, 0) is 54.6 Å². The van der Waals surface area contributed by atoms with E-state index in [0.717, 1.165) is 0 Å². The molecule has 198 valence electrons. The molecule has 3 aromatic carbocycles. The molecule has 0 spiro atoms. The fourth-order valence-electron chi connectivity index (χ4n) is 3.89. The number of methoxy groups -OCH3 is 3. The van der Waals surface area contributed by atoms with E-state index in [1.807, 2.05) is 0 Å². The van der Waals surface area contributed by atoms with E-state index in [0.29, 0.717) is 61.3 Å². The van der Waals surface area contributed by atoms with Gasteiger partial charge in [0, 0.05) is 11.1 Å². The van der Waals surface area contributed by atoms with Gasteiger partial charge in [0.2, 0.25) is 11.6 Å². The molecule has 0 aliphatic rings. The predicted octanol–water partition coefficient (Wildman–Crippen LogP) is 7.25. The van der Waals surface area contributed by atoms with Gasteiger partial charge in [-0.2, -0.15) is 4.98 Å². The Labute approximate surface area is 233 Å². The highest BCUT2D eigenvalue weighted by atomic mass is 35.5. The second kappa shape index (κ2) is 11.1. The SMILES string of the molecule is COc1cc(-c2noc(-c3ccccc3NC(=O)c3ccc(-c4ccc(Cl)c(Cl)c4)o3)n2)cc(OC)c1OC. The maximum atomic E-state index is 13.0. The lowest BCUT2D eigenvalue weighted by atomic mass is 10.1. The molecule has 2 aromatic heterocycles. The maximum absolute atomic E-state index is 13.0. The second-order valence-corrected chi connectivity index (χ2v) is 8.94. The van der Waals surface area contributed by atoms with Crippen LogP contribution in [0, 0.1) is 0 Å². The van der Waals surface area contributed by atoms with Crippen molar-refractivity contribution in [2.24, 2.45) is 0 Å². The summed E-state index contributed by atoms with van der Waals surface area (Å²) in [7, 11) is 4.57. The van der Waals surface area contributed by atoms with Gasteiger partial charge in [-0.1, -0.05) is 40.5 Å². The summed E-state index contributed by atoms with van der Waals surface area (Å²) in [6, 6.07) is 18.8. The zero-order valence-corrected chi connectivity index (χ0v) is 22.5. The highest BCUT2D eigenvalue weighted by Crippen LogP contribution is 2.41. The third-order valence-electron chi connectivity index (χ3n) is 5.79. The van der Waals surface area contributed by atoms with E-state index in [-0.39, 0.29) is 11.7 Å². The molecule has 0 aliphatic carbocycles. The predicted molar refractivity (Wildman–Crippen MR) is 147 cm³/mol. The Morgan fingerprint density at radius 3 is 2.28 bits per heavy atom. The smallest absolute Gasteiger partial charge is 0.291 e. The molecule has 0 aliphatic heterocycles. The van der Waals surface area contributed by atoms with Crippen molar-refractivity contribution in [1.82, 2.24) is 10.1 Å². The Bertz CT molecular complexity index is 1640. The summed E-state index contributed by atoms with van der Waals surface area (Å²) >= 11 is 12.1. The average molecular weight is 566 g/mol. The first kappa shape index (κ1) is 26.1. The summed E-state index contributed by atoms with van der Waals surface area (Å²) in [6.07, 6.45) is 0. The molecule has 0 bridgehead atoms. The molecule has 0 saturated carbocycles. The van der Waals surface area contributed by atoms with E-state index in [4.69, 9.17) is 46.4 Å². The van der Waals surface area contributed by atoms with E-state index in [1.54, 1.807) is 66.7 Å². The number of aromatic nitrogens is 2. The summed E-state index contributed by atoms with van der Waals surface area (Å²) in [5.74, 6) is 1.95. The molecule has 0 saturated heterocycles. The molecule has 1 amide bonds. The monoisotopic (exact) mass is 565 g/mol. The van der Waals surface area contributed by atoms with Crippen molar-refractivity contribution in [3.05, 3.63) is 82.5 Å². The lowest BCUT2D eigenvalue weighted by Gasteiger charge is -2.12. The van der Waals surface area contributed by atoms with Crippen LogP contribution in [0.25, 0.3) is 34.2 Å². The summed E-state index contributed by atoms with van der Waals surface area (Å²) in [5.41, 5.74) is 2.25. The normalized spacial score (nSPS) is 10.8. The van der Waals surface area contributed by atoms with Gasteiger partial charge in [0.15, 0.2) is 17.3 Å². The summed E-state index contributed by atoms with van der Waals surface area (Å²) < 4.78 is 27.5. The fraction of sp³-hybridized carbons (Fsp3) is 0.107. The van der Waals surface area contributed by atoms with Crippen molar-refractivity contribution in [2.75, 3.05) is 26.6 Å². The minimum atomic E-state index is -0.460. The average Bonchev–Trinajstić information content (AvgIpc) is 3.65. The second-order valence-electron chi connectivity index (χ2n) is 8.13. The fourth-order valence-corrected chi connectivity index (χ4v) is 4.19.